The number of ether oxygens (including phenoxy) is 2. The maximum Gasteiger partial charge on any atom is 0.310 e. The van der Waals surface area contributed by atoms with Crippen molar-refractivity contribution in [3.8, 4) is 0 Å². The van der Waals surface area contributed by atoms with Crippen molar-refractivity contribution >= 4 is 39.5 Å². The molecule has 1 heterocycles. The highest BCUT2D eigenvalue weighted by molar-refractivity contribution is 9.10. The van der Waals surface area contributed by atoms with Crippen LogP contribution in [0, 0.1) is 23.7 Å². The van der Waals surface area contributed by atoms with E-state index in [4.69, 9.17) is 9.47 Å². The Morgan fingerprint density at radius 3 is 2.92 bits per heavy atom. The minimum Gasteiger partial charge on any atom is -0.462 e. The lowest BCUT2D eigenvalue weighted by atomic mass is 9.80. The van der Waals surface area contributed by atoms with E-state index >= 15 is 0 Å². The maximum atomic E-state index is 12.5. The van der Waals surface area contributed by atoms with Crippen molar-refractivity contribution in [2.24, 2.45) is 23.7 Å². The first-order valence-electron chi connectivity index (χ1n) is 8.93. The summed E-state index contributed by atoms with van der Waals surface area (Å²) < 4.78 is 11.5. The molecule has 0 radical (unpaired) electrons. The molecule has 1 aromatic rings. The number of anilines is 1. The van der Waals surface area contributed by atoms with Gasteiger partial charge in [-0.15, -0.1) is 0 Å². The lowest BCUT2D eigenvalue weighted by Crippen LogP contribution is -2.35. The Labute approximate surface area is 159 Å². The number of aryl methyl sites for hydroxylation is 1. The van der Waals surface area contributed by atoms with E-state index < -0.39 is 11.9 Å². The molecule has 0 aromatic heterocycles. The van der Waals surface area contributed by atoms with Crippen LogP contribution in [-0.4, -0.2) is 30.6 Å². The second kappa shape index (κ2) is 6.68. The average Bonchev–Trinajstić information content (AvgIpc) is 3.23. The van der Waals surface area contributed by atoms with Crippen LogP contribution in [0.25, 0.3) is 0 Å². The summed E-state index contributed by atoms with van der Waals surface area (Å²) in [5, 5.41) is 2.78. The fourth-order valence-corrected chi connectivity index (χ4v) is 5.13. The van der Waals surface area contributed by atoms with Gasteiger partial charge in [0.25, 0.3) is 5.91 Å². The van der Waals surface area contributed by atoms with Crippen LogP contribution in [0.3, 0.4) is 0 Å². The molecule has 3 aliphatic rings. The van der Waals surface area contributed by atoms with Gasteiger partial charge in [-0.05, 0) is 48.9 Å². The minimum atomic E-state index is -0.460. The zero-order valence-corrected chi connectivity index (χ0v) is 16.0. The van der Waals surface area contributed by atoms with Gasteiger partial charge < -0.3 is 14.8 Å². The number of benzene rings is 1. The van der Waals surface area contributed by atoms with Gasteiger partial charge in [0, 0.05) is 16.1 Å². The molecule has 138 valence electrons. The Balaban J connectivity index is 1.35. The molecule has 1 aromatic carbocycles. The molecule has 1 amide bonds. The number of rotatable bonds is 5. The molecule has 5 atom stereocenters. The first-order chi connectivity index (χ1) is 12.5. The van der Waals surface area contributed by atoms with Crippen LogP contribution in [0.2, 0.25) is 0 Å². The van der Waals surface area contributed by atoms with Crippen molar-refractivity contribution in [3.63, 3.8) is 0 Å². The summed E-state index contributed by atoms with van der Waals surface area (Å²) in [6.45, 7) is 1.65. The van der Waals surface area contributed by atoms with Crippen molar-refractivity contribution in [3.05, 3.63) is 28.2 Å². The topological polar surface area (TPSA) is 81.7 Å². The van der Waals surface area contributed by atoms with Gasteiger partial charge in [-0.3, -0.25) is 14.4 Å². The number of hydrogen-bond donors (Lipinski definition) is 1. The van der Waals surface area contributed by atoms with E-state index in [2.05, 4.69) is 21.2 Å². The molecule has 0 unspecified atom stereocenters. The number of amides is 1. The van der Waals surface area contributed by atoms with Gasteiger partial charge >= 0.3 is 11.9 Å². The van der Waals surface area contributed by atoms with Gasteiger partial charge in [-0.25, -0.2) is 0 Å². The van der Waals surface area contributed by atoms with E-state index in [1.165, 1.54) is 0 Å². The van der Waals surface area contributed by atoms with Crippen molar-refractivity contribution in [2.75, 3.05) is 11.9 Å². The number of carbonyl (C=O) groups is 3. The number of esters is 2. The molecular weight excluding hydrogens is 402 g/mol. The van der Waals surface area contributed by atoms with Crippen molar-refractivity contribution < 1.29 is 23.9 Å². The zero-order valence-electron chi connectivity index (χ0n) is 14.4. The standard InChI is InChI=1S/C19H20BrNO5/c1-2-9-5-11(20)3-4-13(9)21-15(22)8-25-18(23)16-10-6-12-14(7-10)26-19(24)17(12)16/h3-5,10,12,14,16-17H,2,6-8H2,1H3,(H,21,22)/t10-,12+,14+,16-,17+/m1/s1. The third-order valence-electron chi connectivity index (χ3n) is 5.82. The smallest absolute Gasteiger partial charge is 0.310 e. The van der Waals surface area contributed by atoms with E-state index in [-0.39, 0.29) is 42.3 Å². The fourth-order valence-electron chi connectivity index (χ4n) is 4.72. The van der Waals surface area contributed by atoms with Crippen LogP contribution in [0.4, 0.5) is 5.69 Å². The molecule has 1 aliphatic heterocycles. The van der Waals surface area contributed by atoms with E-state index in [0.717, 1.165) is 29.3 Å². The molecule has 7 heteroatoms. The Morgan fingerprint density at radius 1 is 1.35 bits per heavy atom. The molecule has 2 aliphatic carbocycles. The van der Waals surface area contributed by atoms with Crippen molar-refractivity contribution in [1.82, 2.24) is 0 Å². The van der Waals surface area contributed by atoms with Gasteiger partial charge in [0.2, 0.25) is 0 Å². The van der Waals surface area contributed by atoms with Crippen LogP contribution in [0.1, 0.15) is 25.3 Å². The molecule has 2 bridgehead atoms. The van der Waals surface area contributed by atoms with Crippen molar-refractivity contribution in [1.29, 1.82) is 0 Å². The second-order valence-corrected chi connectivity index (χ2v) is 8.15. The van der Waals surface area contributed by atoms with E-state index in [0.29, 0.717) is 5.69 Å². The molecule has 6 nitrogen and oxygen atoms in total. The number of carbonyl (C=O) groups excluding carboxylic acids is 3. The number of halogens is 1. The lowest BCUT2D eigenvalue weighted by Gasteiger charge is -2.22. The van der Waals surface area contributed by atoms with E-state index in [1.54, 1.807) is 0 Å². The SMILES string of the molecule is CCc1cc(Br)ccc1NC(=O)COC(=O)[C@@H]1[C@@H]2C[C@@H]3[C@@H]1C(=O)O[C@H]3C2. The summed E-state index contributed by atoms with van der Waals surface area (Å²) in [4.78, 5) is 36.6. The summed E-state index contributed by atoms with van der Waals surface area (Å²) in [6, 6.07) is 5.60. The van der Waals surface area contributed by atoms with Crippen molar-refractivity contribution in [2.45, 2.75) is 32.3 Å². The molecule has 26 heavy (non-hydrogen) atoms. The van der Waals surface area contributed by atoms with Crippen LogP contribution < -0.4 is 5.32 Å². The number of fused-ring (bicyclic) bond motifs is 1. The quantitative estimate of drug-likeness (QED) is 0.738. The highest BCUT2D eigenvalue weighted by Gasteiger charge is 2.64. The van der Waals surface area contributed by atoms with Crippen LogP contribution in [0.5, 0.6) is 0 Å². The predicted molar refractivity (Wildman–Crippen MR) is 96.2 cm³/mol. The summed E-state index contributed by atoms with van der Waals surface area (Å²) in [6.07, 6.45) is 2.32. The molecular formula is C19H20BrNO5. The third-order valence-corrected chi connectivity index (χ3v) is 6.32. The van der Waals surface area contributed by atoms with Gasteiger partial charge in [0.05, 0.1) is 11.8 Å². The normalized spacial score (nSPS) is 31.0. The molecule has 4 rings (SSSR count). The average molecular weight is 422 g/mol. The summed E-state index contributed by atoms with van der Waals surface area (Å²) >= 11 is 3.41. The Hall–Kier alpha value is -1.89. The monoisotopic (exact) mass is 421 g/mol. The van der Waals surface area contributed by atoms with E-state index in [1.807, 2.05) is 25.1 Å². The summed E-state index contributed by atoms with van der Waals surface area (Å²) in [5.41, 5.74) is 1.70. The van der Waals surface area contributed by atoms with Crippen LogP contribution in [0.15, 0.2) is 22.7 Å². The van der Waals surface area contributed by atoms with Gasteiger partial charge in [0.1, 0.15) is 6.10 Å². The summed E-state index contributed by atoms with van der Waals surface area (Å²) in [5.74, 6) is -1.69. The number of hydrogen-bond acceptors (Lipinski definition) is 5. The number of nitrogens with one attached hydrogen (secondary N) is 1. The molecule has 3 fully saturated rings. The lowest BCUT2D eigenvalue weighted by molar-refractivity contribution is -0.157. The first-order valence-corrected chi connectivity index (χ1v) is 9.72. The van der Waals surface area contributed by atoms with E-state index in [9.17, 15) is 14.4 Å². The first kappa shape index (κ1) is 17.5. The Bertz CT molecular complexity index is 777. The Morgan fingerprint density at radius 2 is 2.15 bits per heavy atom. The zero-order chi connectivity index (χ0) is 18.4. The van der Waals surface area contributed by atoms with Gasteiger partial charge in [-0.1, -0.05) is 22.9 Å². The highest BCUT2D eigenvalue weighted by atomic mass is 79.9. The second-order valence-electron chi connectivity index (χ2n) is 7.23. The van der Waals surface area contributed by atoms with Gasteiger partial charge in [0.15, 0.2) is 6.61 Å². The molecule has 2 saturated carbocycles. The molecule has 0 spiro atoms. The minimum absolute atomic E-state index is 0.0188. The largest absolute Gasteiger partial charge is 0.462 e. The maximum absolute atomic E-state index is 12.5. The van der Waals surface area contributed by atoms with Gasteiger partial charge in [-0.2, -0.15) is 0 Å². The molecule has 1 saturated heterocycles. The molecule has 1 N–H and O–H groups in total. The third kappa shape index (κ3) is 2.92. The van der Waals surface area contributed by atoms with Crippen LogP contribution in [-0.2, 0) is 30.3 Å². The Kier molecular flexibility index (Phi) is 4.50. The fraction of sp³-hybridized carbons (Fsp3) is 0.526. The predicted octanol–water partition coefficient (Wildman–Crippen LogP) is 2.69. The highest BCUT2D eigenvalue weighted by Crippen LogP contribution is 2.57. The summed E-state index contributed by atoms with van der Waals surface area (Å²) in [7, 11) is 0. The van der Waals surface area contributed by atoms with Crippen LogP contribution >= 0.6 is 15.9 Å².